The van der Waals surface area contributed by atoms with Gasteiger partial charge < -0.3 is 5.73 Å². The summed E-state index contributed by atoms with van der Waals surface area (Å²) in [6.07, 6.45) is 1.86. The lowest BCUT2D eigenvalue weighted by atomic mass is 10.2. The van der Waals surface area contributed by atoms with Gasteiger partial charge in [-0.05, 0) is 47.2 Å². The van der Waals surface area contributed by atoms with Crippen molar-refractivity contribution in [1.29, 1.82) is 0 Å². The molecule has 0 fully saturated rings. The van der Waals surface area contributed by atoms with Gasteiger partial charge in [0.05, 0.1) is 14.3 Å². The van der Waals surface area contributed by atoms with Gasteiger partial charge in [-0.15, -0.1) is 0 Å². The molecule has 0 unspecified atom stereocenters. The van der Waals surface area contributed by atoms with Crippen LogP contribution in [-0.2, 0) is 6.42 Å². The summed E-state index contributed by atoms with van der Waals surface area (Å²) in [6, 6.07) is 5.25. The van der Waals surface area contributed by atoms with Crippen LogP contribution in [0.2, 0.25) is 10.0 Å². The Hall–Kier alpha value is -0.590. The van der Waals surface area contributed by atoms with Crippen molar-refractivity contribution < 1.29 is 0 Å². The van der Waals surface area contributed by atoms with Crippen molar-refractivity contribution in [3.63, 3.8) is 0 Å². The molecule has 0 aliphatic carbocycles. The fourth-order valence-electron chi connectivity index (χ4n) is 1.71. The Morgan fingerprint density at radius 1 is 1.26 bits per heavy atom. The van der Waals surface area contributed by atoms with Crippen molar-refractivity contribution in [3.05, 3.63) is 37.5 Å². The van der Waals surface area contributed by atoms with Crippen molar-refractivity contribution in [2.45, 2.75) is 19.8 Å². The molecule has 0 amide bonds. The molecule has 0 saturated heterocycles. The highest BCUT2D eigenvalue weighted by atomic mass is 127. The number of halogens is 3. The number of aryl methyl sites for hydroxylation is 1. The number of benzene rings is 1. The highest BCUT2D eigenvalue weighted by molar-refractivity contribution is 14.1. The van der Waals surface area contributed by atoms with E-state index in [2.05, 4.69) is 39.5 Å². The predicted molar refractivity (Wildman–Crippen MR) is 88.6 cm³/mol. The van der Waals surface area contributed by atoms with E-state index in [9.17, 15) is 0 Å². The third-order valence-electron chi connectivity index (χ3n) is 2.60. The van der Waals surface area contributed by atoms with Gasteiger partial charge in [-0.25, -0.2) is 9.97 Å². The smallest absolute Gasteiger partial charge is 0.163 e. The maximum absolute atomic E-state index is 6.18. The van der Waals surface area contributed by atoms with Crippen molar-refractivity contribution in [2.24, 2.45) is 0 Å². The average molecular weight is 408 g/mol. The molecule has 1 heterocycles. The monoisotopic (exact) mass is 407 g/mol. The first-order chi connectivity index (χ1) is 9.02. The maximum atomic E-state index is 6.18. The van der Waals surface area contributed by atoms with E-state index in [0.29, 0.717) is 21.7 Å². The highest BCUT2D eigenvalue weighted by Crippen LogP contribution is 2.30. The summed E-state index contributed by atoms with van der Waals surface area (Å²) in [7, 11) is 0. The molecular formula is C13H12Cl2IN3. The third-order valence-corrected chi connectivity index (χ3v) is 4.33. The van der Waals surface area contributed by atoms with Gasteiger partial charge in [0.15, 0.2) is 5.82 Å². The molecule has 0 spiro atoms. The molecule has 2 rings (SSSR count). The van der Waals surface area contributed by atoms with Gasteiger partial charge in [0.25, 0.3) is 0 Å². The van der Waals surface area contributed by atoms with Crippen LogP contribution in [0.3, 0.4) is 0 Å². The topological polar surface area (TPSA) is 51.8 Å². The van der Waals surface area contributed by atoms with Crippen molar-refractivity contribution in [1.82, 2.24) is 9.97 Å². The zero-order chi connectivity index (χ0) is 14.0. The predicted octanol–water partition coefficient (Wildman–Crippen LogP) is 4.59. The lowest BCUT2D eigenvalue weighted by molar-refractivity contribution is 0.869. The van der Waals surface area contributed by atoms with Crippen LogP contribution in [0.4, 0.5) is 5.82 Å². The molecule has 0 aliphatic rings. The fraction of sp³-hybridized carbons (Fsp3) is 0.231. The van der Waals surface area contributed by atoms with Gasteiger partial charge in [-0.2, -0.15) is 0 Å². The molecule has 6 heteroatoms. The molecule has 19 heavy (non-hydrogen) atoms. The zero-order valence-electron chi connectivity index (χ0n) is 10.3. The van der Waals surface area contributed by atoms with E-state index in [1.165, 1.54) is 0 Å². The minimum atomic E-state index is 0.486. The average Bonchev–Trinajstić information content (AvgIpc) is 2.35. The van der Waals surface area contributed by atoms with Crippen LogP contribution in [0, 0.1) is 3.57 Å². The number of nitrogens with two attached hydrogens (primary N) is 1. The molecule has 1 aromatic heterocycles. The quantitative estimate of drug-likeness (QED) is 0.757. The van der Waals surface area contributed by atoms with Crippen LogP contribution < -0.4 is 5.73 Å². The Morgan fingerprint density at radius 3 is 2.63 bits per heavy atom. The third kappa shape index (κ3) is 3.30. The van der Waals surface area contributed by atoms with E-state index in [-0.39, 0.29) is 0 Å². The Bertz CT molecular complexity index is 617. The van der Waals surface area contributed by atoms with Crippen molar-refractivity contribution in [3.8, 4) is 11.4 Å². The first-order valence-corrected chi connectivity index (χ1v) is 7.63. The fourth-order valence-corrected chi connectivity index (χ4v) is 2.71. The maximum Gasteiger partial charge on any atom is 0.163 e. The summed E-state index contributed by atoms with van der Waals surface area (Å²) < 4.78 is 0.910. The van der Waals surface area contributed by atoms with Gasteiger partial charge >= 0.3 is 0 Å². The van der Waals surface area contributed by atoms with Crippen LogP contribution >= 0.6 is 45.8 Å². The number of nitrogen functional groups attached to an aromatic ring is 1. The molecule has 0 atom stereocenters. The molecule has 2 aromatic rings. The van der Waals surface area contributed by atoms with Gasteiger partial charge in [-0.3, -0.25) is 0 Å². The lowest BCUT2D eigenvalue weighted by Gasteiger charge is -2.09. The Morgan fingerprint density at radius 2 is 2.00 bits per heavy atom. The van der Waals surface area contributed by atoms with E-state index in [1.54, 1.807) is 12.1 Å². The van der Waals surface area contributed by atoms with Gasteiger partial charge in [-0.1, -0.05) is 36.5 Å². The number of hydrogen-bond donors (Lipinski definition) is 1. The normalized spacial score (nSPS) is 10.7. The van der Waals surface area contributed by atoms with E-state index >= 15 is 0 Å². The second-order valence-electron chi connectivity index (χ2n) is 4.07. The number of rotatable bonds is 3. The Kier molecular flexibility index (Phi) is 4.86. The second-order valence-corrected chi connectivity index (χ2v) is 5.99. The molecule has 3 nitrogen and oxygen atoms in total. The molecule has 0 aliphatic heterocycles. The number of nitrogens with zero attached hydrogens (tertiary/aromatic N) is 2. The molecular weight excluding hydrogens is 396 g/mol. The summed E-state index contributed by atoms with van der Waals surface area (Å²) in [5.41, 5.74) is 7.64. The highest BCUT2D eigenvalue weighted by Gasteiger charge is 2.13. The molecule has 100 valence electrons. The number of hydrogen-bond acceptors (Lipinski definition) is 3. The first-order valence-electron chi connectivity index (χ1n) is 5.80. The zero-order valence-corrected chi connectivity index (χ0v) is 13.9. The van der Waals surface area contributed by atoms with Crippen LogP contribution in [-0.4, -0.2) is 9.97 Å². The van der Waals surface area contributed by atoms with Gasteiger partial charge in [0.2, 0.25) is 0 Å². The summed E-state index contributed by atoms with van der Waals surface area (Å²) >= 11 is 14.2. The van der Waals surface area contributed by atoms with Crippen molar-refractivity contribution in [2.75, 3.05) is 5.73 Å². The first kappa shape index (κ1) is 14.8. The molecule has 0 bridgehead atoms. The van der Waals surface area contributed by atoms with E-state index < -0.39 is 0 Å². The summed E-state index contributed by atoms with van der Waals surface area (Å²) in [6.45, 7) is 2.10. The summed E-state index contributed by atoms with van der Waals surface area (Å²) in [5.74, 6) is 1.03. The minimum Gasteiger partial charge on any atom is -0.383 e. The van der Waals surface area contributed by atoms with E-state index in [0.717, 1.165) is 27.7 Å². The van der Waals surface area contributed by atoms with E-state index in [4.69, 9.17) is 28.9 Å². The number of anilines is 1. The Balaban J connectivity index is 2.56. The second kappa shape index (κ2) is 6.24. The Labute approximate surface area is 135 Å². The minimum absolute atomic E-state index is 0.486. The largest absolute Gasteiger partial charge is 0.383 e. The van der Waals surface area contributed by atoms with Crippen LogP contribution in [0.1, 0.15) is 19.0 Å². The van der Waals surface area contributed by atoms with Crippen LogP contribution in [0.15, 0.2) is 18.2 Å². The molecule has 1 aromatic carbocycles. The van der Waals surface area contributed by atoms with Crippen LogP contribution in [0.25, 0.3) is 11.4 Å². The van der Waals surface area contributed by atoms with E-state index in [1.807, 2.05) is 6.07 Å². The van der Waals surface area contributed by atoms with Gasteiger partial charge in [0.1, 0.15) is 5.82 Å². The summed E-state index contributed by atoms with van der Waals surface area (Å²) in [4.78, 5) is 8.87. The van der Waals surface area contributed by atoms with Gasteiger partial charge in [0, 0.05) is 10.6 Å². The molecule has 0 saturated carbocycles. The standard InChI is InChI=1S/C13H12Cl2IN3/c1-2-3-10-11(16)12(17)19-13(18-10)8-5-4-7(14)6-9(8)15/h4-6H,2-3H2,1H3,(H2,17,18,19). The molecule has 2 N–H and O–H groups in total. The summed E-state index contributed by atoms with van der Waals surface area (Å²) in [5, 5.41) is 1.11. The van der Waals surface area contributed by atoms with Crippen LogP contribution in [0.5, 0.6) is 0 Å². The number of aromatic nitrogens is 2. The SMILES string of the molecule is CCCc1nc(-c2ccc(Cl)cc2Cl)nc(N)c1I. The molecule has 0 radical (unpaired) electrons. The van der Waals surface area contributed by atoms with Crippen molar-refractivity contribution >= 4 is 51.6 Å². The lowest BCUT2D eigenvalue weighted by Crippen LogP contribution is -2.05.